The van der Waals surface area contributed by atoms with Crippen molar-refractivity contribution in [2.45, 2.75) is 36.6 Å². The fourth-order valence-electron chi connectivity index (χ4n) is 2.51. The zero-order chi connectivity index (χ0) is 14.5. The SMILES string of the molecule is O=S(=O)(NC(C1CC1)C1CC1)c1c(F)cc(F)cc1Br. The minimum Gasteiger partial charge on any atom is -0.207 e. The molecule has 2 saturated carbocycles. The van der Waals surface area contributed by atoms with E-state index < -0.39 is 26.6 Å². The molecule has 1 N–H and O–H groups in total. The van der Waals surface area contributed by atoms with Crippen LogP contribution in [-0.2, 0) is 10.0 Å². The average molecular weight is 366 g/mol. The van der Waals surface area contributed by atoms with E-state index in [4.69, 9.17) is 0 Å². The van der Waals surface area contributed by atoms with Crippen LogP contribution >= 0.6 is 15.9 Å². The molecule has 0 aromatic heterocycles. The van der Waals surface area contributed by atoms with Crippen LogP contribution in [0.4, 0.5) is 8.78 Å². The number of hydrogen-bond acceptors (Lipinski definition) is 2. The number of rotatable bonds is 5. The highest BCUT2D eigenvalue weighted by atomic mass is 79.9. The maximum absolute atomic E-state index is 13.8. The van der Waals surface area contributed by atoms with Crippen molar-refractivity contribution >= 4 is 26.0 Å². The van der Waals surface area contributed by atoms with Gasteiger partial charge in [-0.1, -0.05) is 0 Å². The Hall–Kier alpha value is -0.530. The molecule has 3 nitrogen and oxygen atoms in total. The van der Waals surface area contributed by atoms with Gasteiger partial charge in [-0.25, -0.2) is 21.9 Å². The van der Waals surface area contributed by atoms with Gasteiger partial charge in [-0.05, 0) is 59.5 Å². The summed E-state index contributed by atoms with van der Waals surface area (Å²) in [5, 5.41) is 0. The second-order valence-electron chi connectivity index (χ2n) is 5.52. The zero-order valence-electron chi connectivity index (χ0n) is 10.6. The van der Waals surface area contributed by atoms with E-state index in [1.54, 1.807) is 0 Å². The van der Waals surface area contributed by atoms with Crippen molar-refractivity contribution < 1.29 is 17.2 Å². The standard InChI is InChI=1S/C13H14BrF2NO2S/c14-10-5-9(15)6-11(16)13(10)20(18,19)17-12(7-1-2-7)8-3-4-8/h5-8,12,17H,1-4H2. The maximum Gasteiger partial charge on any atom is 0.244 e. The highest BCUT2D eigenvalue weighted by molar-refractivity contribution is 9.10. The summed E-state index contributed by atoms with van der Waals surface area (Å²) in [7, 11) is -3.99. The van der Waals surface area contributed by atoms with Crippen LogP contribution in [0, 0.1) is 23.5 Å². The highest BCUT2D eigenvalue weighted by Gasteiger charge is 2.44. The Morgan fingerprint density at radius 3 is 2.15 bits per heavy atom. The molecule has 1 aromatic carbocycles. The van der Waals surface area contributed by atoms with Crippen LogP contribution in [0.25, 0.3) is 0 Å². The molecule has 2 aliphatic rings. The first-order chi connectivity index (χ1) is 9.38. The summed E-state index contributed by atoms with van der Waals surface area (Å²) in [5.74, 6) is -1.16. The molecule has 0 radical (unpaired) electrons. The van der Waals surface area contributed by atoms with Gasteiger partial charge in [0.25, 0.3) is 0 Å². The predicted molar refractivity (Wildman–Crippen MR) is 73.6 cm³/mol. The smallest absolute Gasteiger partial charge is 0.207 e. The van der Waals surface area contributed by atoms with Crippen LogP contribution in [0.5, 0.6) is 0 Å². The van der Waals surface area contributed by atoms with Crippen LogP contribution in [0.15, 0.2) is 21.5 Å². The molecule has 0 amide bonds. The van der Waals surface area contributed by atoms with Gasteiger partial charge in [-0.15, -0.1) is 0 Å². The maximum atomic E-state index is 13.8. The van der Waals surface area contributed by atoms with E-state index in [1.807, 2.05) is 0 Å². The summed E-state index contributed by atoms with van der Waals surface area (Å²) in [6.07, 6.45) is 4.04. The van der Waals surface area contributed by atoms with Gasteiger partial charge in [0.15, 0.2) is 0 Å². The second kappa shape index (κ2) is 5.03. The fraction of sp³-hybridized carbons (Fsp3) is 0.538. The Morgan fingerprint density at radius 1 is 1.15 bits per heavy atom. The second-order valence-corrected chi connectivity index (χ2v) is 8.03. The summed E-state index contributed by atoms with van der Waals surface area (Å²) in [4.78, 5) is -0.509. The van der Waals surface area contributed by atoms with Crippen molar-refractivity contribution in [3.8, 4) is 0 Å². The predicted octanol–water partition coefficient (Wildman–Crippen LogP) is 3.19. The van der Waals surface area contributed by atoms with Crippen LogP contribution in [0.2, 0.25) is 0 Å². The summed E-state index contributed by atoms with van der Waals surface area (Å²) in [6.45, 7) is 0. The third-order valence-corrected chi connectivity index (χ3v) is 6.21. The molecule has 110 valence electrons. The van der Waals surface area contributed by atoms with Gasteiger partial charge in [0, 0.05) is 16.6 Å². The molecule has 20 heavy (non-hydrogen) atoms. The largest absolute Gasteiger partial charge is 0.244 e. The minimum atomic E-state index is -3.99. The molecule has 0 heterocycles. The van der Waals surface area contributed by atoms with Gasteiger partial charge in [0.1, 0.15) is 16.5 Å². The van der Waals surface area contributed by atoms with Crippen LogP contribution in [0.3, 0.4) is 0 Å². The first kappa shape index (κ1) is 14.4. The Morgan fingerprint density at radius 2 is 1.70 bits per heavy atom. The van der Waals surface area contributed by atoms with Crippen molar-refractivity contribution in [1.29, 1.82) is 0 Å². The van der Waals surface area contributed by atoms with Crippen molar-refractivity contribution in [3.05, 3.63) is 28.2 Å². The van der Waals surface area contributed by atoms with Crippen molar-refractivity contribution in [2.75, 3.05) is 0 Å². The van der Waals surface area contributed by atoms with Crippen LogP contribution in [0.1, 0.15) is 25.7 Å². The van der Waals surface area contributed by atoms with E-state index in [-0.39, 0.29) is 10.5 Å². The zero-order valence-corrected chi connectivity index (χ0v) is 13.0. The number of sulfonamides is 1. The van der Waals surface area contributed by atoms with E-state index in [2.05, 4.69) is 20.7 Å². The molecular formula is C13H14BrF2NO2S. The summed E-state index contributed by atoms with van der Waals surface area (Å²) >= 11 is 2.93. The molecule has 0 aliphatic heterocycles. The Kier molecular flexibility index (Phi) is 3.63. The summed E-state index contributed by atoms with van der Waals surface area (Å²) < 4.78 is 54.1. The normalized spacial score (nSPS) is 19.6. The third-order valence-electron chi connectivity index (χ3n) is 3.78. The van der Waals surface area contributed by atoms with Crippen LogP contribution < -0.4 is 4.72 Å². The fourth-order valence-corrected chi connectivity index (χ4v) is 5.05. The van der Waals surface area contributed by atoms with Gasteiger partial charge in [0.05, 0.1) is 0 Å². The van der Waals surface area contributed by atoms with E-state index >= 15 is 0 Å². The molecule has 0 spiro atoms. The van der Waals surface area contributed by atoms with Crippen molar-refractivity contribution in [2.24, 2.45) is 11.8 Å². The van der Waals surface area contributed by atoms with Gasteiger partial charge >= 0.3 is 0 Å². The quantitative estimate of drug-likeness (QED) is 0.870. The lowest BCUT2D eigenvalue weighted by atomic mass is 10.1. The molecule has 2 fully saturated rings. The van der Waals surface area contributed by atoms with Crippen molar-refractivity contribution in [1.82, 2.24) is 4.72 Å². The lowest BCUT2D eigenvalue weighted by Gasteiger charge is -2.18. The first-order valence-electron chi connectivity index (χ1n) is 6.55. The third kappa shape index (κ3) is 2.89. The molecule has 0 saturated heterocycles. The molecule has 3 rings (SSSR count). The van der Waals surface area contributed by atoms with Gasteiger partial charge < -0.3 is 0 Å². The highest BCUT2D eigenvalue weighted by Crippen LogP contribution is 2.45. The van der Waals surface area contributed by atoms with E-state index in [0.29, 0.717) is 17.9 Å². The Balaban J connectivity index is 1.91. The molecule has 0 atom stereocenters. The van der Waals surface area contributed by atoms with Gasteiger partial charge in [-0.3, -0.25) is 0 Å². The number of nitrogens with one attached hydrogen (secondary N) is 1. The molecule has 2 aliphatic carbocycles. The minimum absolute atomic E-state index is 0.0900. The molecule has 0 bridgehead atoms. The van der Waals surface area contributed by atoms with Gasteiger partial charge in [-0.2, -0.15) is 0 Å². The van der Waals surface area contributed by atoms with Gasteiger partial charge in [0.2, 0.25) is 10.0 Å². The van der Waals surface area contributed by atoms with E-state index in [1.165, 1.54) is 0 Å². The molecule has 7 heteroatoms. The van der Waals surface area contributed by atoms with Crippen molar-refractivity contribution in [3.63, 3.8) is 0 Å². The molecule has 0 unspecified atom stereocenters. The Bertz CT molecular complexity index is 607. The Labute approximate surface area is 124 Å². The first-order valence-corrected chi connectivity index (χ1v) is 8.83. The number of halogens is 3. The number of hydrogen-bond donors (Lipinski definition) is 1. The summed E-state index contributed by atoms with van der Waals surface area (Å²) in [6, 6.07) is 1.43. The lowest BCUT2D eigenvalue weighted by Crippen LogP contribution is -2.38. The van der Waals surface area contributed by atoms with E-state index in [0.717, 1.165) is 31.7 Å². The van der Waals surface area contributed by atoms with E-state index in [9.17, 15) is 17.2 Å². The average Bonchev–Trinajstić information content (AvgIpc) is 3.18. The monoisotopic (exact) mass is 365 g/mol. The molecule has 1 aromatic rings. The van der Waals surface area contributed by atoms with Crippen LogP contribution in [-0.4, -0.2) is 14.5 Å². The lowest BCUT2D eigenvalue weighted by molar-refractivity contribution is 0.467. The summed E-state index contributed by atoms with van der Waals surface area (Å²) in [5.41, 5.74) is 0. The topological polar surface area (TPSA) is 46.2 Å². The molecular weight excluding hydrogens is 352 g/mol. The number of benzene rings is 1.